The first-order chi connectivity index (χ1) is 21.7. The predicted molar refractivity (Wildman–Crippen MR) is 178 cm³/mol. The second kappa shape index (κ2) is 13.1. The number of aromatic nitrogens is 2. The van der Waals surface area contributed by atoms with Gasteiger partial charge >= 0.3 is 5.97 Å². The molecule has 0 aliphatic heterocycles. The normalized spacial score (nSPS) is 13.8. The van der Waals surface area contributed by atoms with E-state index in [1.165, 1.54) is 28.4 Å². The highest BCUT2D eigenvalue weighted by molar-refractivity contribution is 7.90. The van der Waals surface area contributed by atoms with Crippen molar-refractivity contribution in [3.05, 3.63) is 81.7 Å². The van der Waals surface area contributed by atoms with Gasteiger partial charge in [-0.2, -0.15) is 8.42 Å². The highest BCUT2D eigenvalue weighted by atomic mass is 32.2. The van der Waals surface area contributed by atoms with Gasteiger partial charge in [0, 0.05) is 42.5 Å². The third-order valence-corrected chi connectivity index (χ3v) is 10.0. The number of halogens is 1. The molecule has 1 fully saturated rings. The van der Waals surface area contributed by atoms with Gasteiger partial charge in [0.15, 0.2) is 5.69 Å². The Balaban J connectivity index is 1.67. The molecule has 1 aliphatic rings. The number of carbonyl (C=O) groups excluding carboxylic acids is 1. The zero-order chi connectivity index (χ0) is 33.4. The lowest BCUT2D eigenvalue weighted by Crippen LogP contribution is -2.15. The number of carbonyl (C=O) groups is 1. The molecule has 0 unspecified atom stereocenters. The lowest BCUT2D eigenvalue weighted by atomic mass is 9.95. The molecular formula is C34H39FN4O5S2. The SMILES string of the molecule is CCOC(=O)c1nc(-c2cc(-c3cccc(C(C)(C)O)c3)n(Cc3ccc(S(=O)(=O)/N=C/N(C)C)c(F)c3)c2CC2CC2)sc1C. The van der Waals surface area contributed by atoms with E-state index < -0.39 is 32.3 Å². The average Bonchev–Trinajstić information content (AvgIpc) is 3.62. The molecule has 46 heavy (non-hydrogen) atoms. The molecule has 0 bridgehead atoms. The van der Waals surface area contributed by atoms with Gasteiger partial charge in [-0.05, 0) is 93.8 Å². The van der Waals surface area contributed by atoms with Crippen LogP contribution in [0.2, 0.25) is 0 Å². The second-order valence-corrected chi connectivity index (χ2v) is 15.1. The molecule has 244 valence electrons. The number of nitrogens with zero attached hydrogens (tertiary/aromatic N) is 4. The molecule has 0 amide bonds. The van der Waals surface area contributed by atoms with E-state index >= 15 is 4.39 Å². The zero-order valence-corrected chi connectivity index (χ0v) is 28.5. The van der Waals surface area contributed by atoms with Crippen molar-refractivity contribution in [3.63, 3.8) is 0 Å². The van der Waals surface area contributed by atoms with Crippen molar-refractivity contribution in [3.8, 4) is 21.8 Å². The molecule has 5 rings (SSSR count). The van der Waals surface area contributed by atoms with E-state index in [0.717, 1.165) is 58.6 Å². The summed E-state index contributed by atoms with van der Waals surface area (Å²) in [6, 6.07) is 13.8. The van der Waals surface area contributed by atoms with Gasteiger partial charge in [-0.15, -0.1) is 15.7 Å². The highest BCUT2D eigenvalue weighted by Crippen LogP contribution is 2.42. The molecule has 1 saturated carbocycles. The first kappa shape index (κ1) is 33.5. The van der Waals surface area contributed by atoms with Gasteiger partial charge in [-0.3, -0.25) is 0 Å². The van der Waals surface area contributed by atoms with Gasteiger partial charge in [0.05, 0.1) is 12.2 Å². The van der Waals surface area contributed by atoms with Gasteiger partial charge in [-0.1, -0.05) is 24.3 Å². The first-order valence-corrected chi connectivity index (χ1v) is 17.4. The molecule has 1 N–H and O–H groups in total. The molecule has 0 spiro atoms. The summed E-state index contributed by atoms with van der Waals surface area (Å²) < 4.78 is 51.8. The smallest absolute Gasteiger partial charge is 0.358 e. The number of sulfonamides is 1. The molecule has 2 aromatic carbocycles. The third-order valence-electron chi connectivity index (χ3n) is 7.78. The Morgan fingerprint density at radius 1 is 1.22 bits per heavy atom. The molecule has 2 heterocycles. The monoisotopic (exact) mass is 666 g/mol. The van der Waals surface area contributed by atoms with Gasteiger partial charge in [0.2, 0.25) is 0 Å². The lowest BCUT2D eigenvalue weighted by molar-refractivity contribution is 0.0519. The topological polar surface area (TPSA) is 114 Å². The Bertz CT molecular complexity index is 1900. The van der Waals surface area contributed by atoms with Crippen LogP contribution in [0.15, 0.2) is 57.8 Å². The summed E-state index contributed by atoms with van der Waals surface area (Å²) in [7, 11) is -0.974. The number of ether oxygens (including phenoxy) is 1. The van der Waals surface area contributed by atoms with Crippen molar-refractivity contribution in [2.75, 3.05) is 20.7 Å². The molecule has 9 nitrogen and oxygen atoms in total. The lowest BCUT2D eigenvalue weighted by Gasteiger charge is -2.20. The summed E-state index contributed by atoms with van der Waals surface area (Å²) in [6.07, 6.45) is 4.06. The number of esters is 1. The number of aliphatic hydroxyl groups is 1. The summed E-state index contributed by atoms with van der Waals surface area (Å²) >= 11 is 1.42. The van der Waals surface area contributed by atoms with Crippen LogP contribution in [0.3, 0.4) is 0 Å². The Kier molecular flexibility index (Phi) is 9.53. The number of aryl methyl sites for hydroxylation is 1. The standard InChI is InChI=1S/C34H39FN4O5S2/c1-7-44-33(40)31-21(2)45-32(37-31)26-18-28(24-9-8-10-25(17-24)34(3,4)41)39(29(26)16-22-11-12-22)19-23-13-14-30(27(35)15-23)46(42,43)36-20-38(5)6/h8-10,13-15,17-18,20,22,41H,7,11-12,16,19H2,1-6H3/b36-20+. The van der Waals surface area contributed by atoms with E-state index in [4.69, 9.17) is 9.72 Å². The summed E-state index contributed by atoms with van der Waals surface area (Å²) in [5, 5.41) is 11.5. The first-order valence-electron chi connectivity index (χ1n) is 15.1. The minimum atomic E-state index is -4.23. The van der Waals surface area contributed by atoms with Gasteiger partial charge < -0.3 is 19.3 Å². The Morgan fingerprint density at radius 2 is 1.96 bits per heavy atom. The van der Waals surface area contributed by atoms with Crippen LogP contribution in [-0.4, -0.2) is 61.0 Å². The largest absolute Gasteiger partial charge is 0.461 e. The van der Waals surface area contributed by atoms with Crippen LogP contribution in [0.5, 0.6) is 0 Å². The Morgan fingerprint density at radius 3 is 2.59 bits per heavy atom. The number of rotatable bonds is 12. The van der Waals surface area contributed by atoms with E-state index in [1.54, 1.807) is 40.9 Å². The summed E-state index contributed by atoms with van der Waals surface area (Å²) in [5.74, 6) is -0.874. The Labute approximate surface area is 273 Å². The van der Waals surface area contributed by atoms with Crippen LogP contribution in [0.1, 0.15) is 65.8 Å². The van der Waals surface area contributed by atoms with Gasteiger partial charge in [0.1, 0.15) is 22.1 Å². The molecule has 0 saturated heterocycles. The quantitative estimate of drug-likeness (QED) is 0.106. The van der Waals surface area contributed by atoms with Crippen LogP contribution in [0, 0.1) is 18.7 Å². The second-order valence-electron chi connectivity index (χ2n) is 12.3. The maximum Gasteiger partial charge on any atom is 0.358 e. The van der Waals surface area contributed by atoms with Crippen LogP contribution < -0.4 is 0 Å². The van der Waals surface area contributed by atoms with Crippen molar-refractivity contribution in [2.24, 2.45) is 10.3 Å². The van der Waals surface area contributed by atoms with E-state index in [9.17, 15) is 18.3 Å². The van der Waals surface area contributed by atoms with E-state index in [0.29, 0.717) is 16.5 Å². The molecule has 1 aliphatic carbocycles. The van der Waals surface area contributed by atoms with Gasteiger partial charge in [-0.25, -0.2) is 14.2 Å². The maximum atomic E-state index is 15.4. The van der Waals surface area contributed by atoms with Crippen molar-refractivity contribution in [1.82, 2.24) is 14.5 Å². The predicted octanol–water partition coefficient (Wildman–Crippen LogP) is 6.41. The number of hydrogen-bond donors (Lipinski definition) is 1. The van der Waals surface area contributed by atoms with Crippen molar-refractivity contribution < 1.29 is 27.4 Å². The molecular weight excluding hydrogens is 628 g/mol. The Hall–Kier alpha value is -3.87. The molecule has 4 aromatic rings. The maximum absolute atomic E-state index is 15.4. The van der Waals surface area contributed by atoms with Crippen LogP contribution in [0.25, 0.3) is 21.8 Å². The molecule has 2 aromatic heterocycles. The summed E-state index contributed by atoms with van der Waals surface area (Å²) in [4.78, 5) is 19.1. The van der Waals surface area contributed by atoms with E-state index in [-0.39, 0.29) is 18.8 Å². The fraction of sp³-hybridized carbons (Fsp3) is 0.382. The molecule has 0 radical (unpaired) electrons. The summed E-state index contributed by atoms with van der Waals surface area (Å²) in [6.45, 7) is 7.55. The zero-order valence-electron chi connectivity index (χ0n) is 26.9. The minimum Gasteiger partial charge on any atom is -0.461 e. The highest BCUT2D eigenvalue weighted by Gasteiger charge is 2.30. The van der Waals surface area contributed by atoms with Gasteiger partial charge in [0.25, 0.3) is 10.0 Å². The summed E-state index contributed by atoms with van der Waals surface area (Å²) in [5.41, 5.74) is 4.04. The van der Waals surface area contributed by atoms with Crippen LogP contribution in [-0.2, 0) is 33.3 Å². The third kappa shape index (κ3) is 7.40. The van der Waals surface area contributed by atoms with E-state index in [1.807, 2.05) is 37.3 Å². The number of thiazole rings is 1. The fourth-order valence-electron chi connectivity index (χ4n) is 5.22. The van der Waals surface area contributed by atoms with E-state index in [2.05, 4.69) is 8.96 Å². The number of hydrogen-bond acceptors (Lipinski definition) is 7. The molecule has 12 heteroatoms. The number of benzene rings is 2. The fourth-order valence-corrected chi connectivity index (χ4v) is 7.13. The minimum absolute atomic E-state index is 0.245. The molecule has 0 atom stereocenters. The average molecular weight is 667 g/mol. The van der Waals surface area contributed by atoms with Crippen molar-refractivity contribution >= 4 is 33.7 Å². The van der Waals surface area contributed by atoms with Crippen molar-refractivity contribution in [2.45, 2.75) is 64.0 Å². The van der Waals surface area contributed by atoms with Crippen molar-refractivity contribution in [1.29, 1.82) is 0 Å². The van der Waals surface area contributed by atoms with Crippen LogP contribution >= 0.6 is 11.3 Å². The van der Waals surface area contributed by atoms with Crippen LogP contribution in [0.4, 0.5) is 4.39 Å².